The quantitative estimate of drug-likeness (QED) is 0.363. The van der Waals surface area contributed by atoms with E-state index in [9.17, 15) is 35.9 Å². The molecule has 0 aliphatic carbocycles. The highest BCUT2D eigenvalue weighted by atomic mass is 32.2. The van der Waals surface area contributed by atoms with Crippen molar-refractivity contribution in [2.45, 2.75) is 17.2 Å². The van der Waals surface area contributed by atoms with Crippen molar-refractivity contribution in [3.05, 3.63) is 24.3 Å². The molecule has 3 nitrogen and oxygen atoms in total. The zero-order valence-electron chi connectivity index (χ0n) is 9.21. The van der Waals surface area contributed by atoms with Crippen LogP contribution in [0.1, 0.15) is 0 Å². The molecule has 0 saturated heterocycles. The second-order valence-corrected chi connectivity index (χ2v) is 4.29. The van der Waals surface area contributed by atoms with Gasteiger partial charge in [-0.3, -0.25) is 4.79 Å². The maximum absolute atomic E-state index is 12.0. The number of halogens is 6. The van der Waals surface area contributed by atoms with E-state index in [1.165, 1.54) is 0 Å². The normalized spacial score (nSPS) is 12.1. The lowest BCUT2D eigenvalue weighted by Gasteiger charge is -2.07. The van der Waals surface area contributed by atoms with Crippen molar-refractivity contribution in [1.82, 2.24) is 0 Å². The Morgan fingerprint density at radius 1 is 0.900 bits per heavy atom. The van der Waals surface area contributed by atoms with E-state index in [-0.39, 0.29) is 16.7 Å². The van der Waals surface area contributed by atoms with Crippen LogP contribution in [0, 0.1) is 0 Å². The zero-order valence-corrected chi connectivity index (χ0v) is 10.0. The van der Waals surface area contributed by atoms with Gasteiger partial charge in [0.25, 0.3) is 5.12 Å². The summed E-state index contributed by atoms with van der Waals surface area (Å²) in [4.78, 5) is 21.0. The van der Waals surface area contributed by atoms with Gasteiger partial charge in [-0.25, -0.2) is 4.79 Å². The molecule has 0 aromatic heterocycles. The van der Waals surface area contributed by atoms with Gasteiger partial charge in [-0.05, 0) is 36.0 Å². The fraction of sp³-hybridized carbons (Fsp3) is 0.200. The third-order valence-corrected chi connectivity index (χ3v) is 2.63. The summed E-state index contributed by atoms with van der Waals surface area (Å²) in [6, 6.07) is 3.53. The van der Waals surface area contributed by atoms with Gasteiger partial charge < -0.3 is 4.74 Å². The monoisotopic (exact) mass is 318 g/mol. The lowest BCUT2D eigenvalue weighted by atomic mass is 10.3. The lowest BCUT2D eigenvalue weighted by Crippen LogP contribution is -2.27. The molecular formula is C10H4F6O3S. The molecule has 0 saturated carbocycles. The Balaban J connectivity index is 2.71. The molecule has 0 radical (unpaired) electrons. The summed E-state index contributed by atoms with van der Waals surface area (Å²) < 4.78 is 75.4. The first kappa shape index (κ1) is 16.3. The summed E-state index contributed by atoms with van der Waals surface area (Å²) in [5, 5.41) is -2.07. The largest absolute Gasteiger partial charge is 0.491 e. The Morgan fingerprint density at radius 3 is 1.80 bits per heavy atom. The molecule has 10 heteroatoms. The number of hydrogen-bond donors (Lipinski definition) is 0. The van der Waals surface area contributed by atoms with Crippen LogP contribution in [0.15, 0.2) is 29.2 Å². The van der Waals surface area contributed by atoms with E-state index in [4.69, 9.17) is 0 Å². The number of benzene rings is 1. The number of carbonyl (C=O) groups is 2. The summed E-state index contributed by atoms with van der Waals surface area (Å²) in [5.74, 6) is -2.96. The highest BCUT2D eigenvalue weighted by Gasteiger charge is 2.41. The Morgan fingerprint density at radius 2 is 1.40 bits per heavy atom. The number of thioether (sulfide) groups is 1. The molecule has 0 aliphatic rings. The van der Waals surface area contributed by atoms with Crippen LogP contribution in [-0.4, -0.2) is 23.4 Å². The van der Waals surface area contributed by atoms with Crippen molar-refractivity contribution in [1.29, 1.82) is 0 Å². The predicted molar refractivity (Wildman–Crippen MR) is 55.1 cm³/mol. The first-order valence-corrected chi connectivity index (χ1v) is 5.50. The minimum atomic E-state index is -5.18. The van der Waals surface area contributed by atoms with Gasteiger partial charge in [0.15, 0.2) is 0 Å². The van der Waals surface area contributed by atoms with Gasteiger partial charge in [0, 0.05) is 4.90 Å². The third-order valence-electron chi connectivity index (χ3n) is 1.71. The Labute approximate surface area is 111 Å². The van der Waals surface area contributed by atoms with E-state index in [2.05, 4.69) is 4.74 Å². The Bertz CT molecular complexity index is 458. The molecule has 0 amide bonds. The lowest BCUT2D eigenvalue weighted by molar-refractivity contribution is -0.189. The second-order valence-electron chi connectivity index (χ2n) is 3.25. The summed E-state index contributed by atoms with van der Waals surface area (Å²) >= 11 is -0.143. The van der Waals surface area contributed by atoms with Crippen LogP contribution in [0.25, 0.3) is 0 Å². The van der Waals surface area contributed by atoms with Crippen LogP contribution in [0.2, 0.25) is 0 Å². The molecule has 0 atom stereocenters. The second kappa shape index (κ2) is 5.73. The third kappa shape index (κ3) is 4.76. The van der Waals surface area contributed by atoms with Crippen molar-refractivity contribution < 1.29 is 40.7 Å². The molecule has 110 valence electrons. The fourth-order valence-corrected chi connectivity index (χ4v) is 1.51. The Hall–Kier alpha value is -1.71. The first-order chi connectivity index (χ1) is 9.00. The SMILES string of the molecule is O=C(Oc1ccc(SC(=O)C(F)(F)F)cc1)C(F)(F)F. The van der Waals surface area contributed by atoms with Gasteiger partial charge in [0.2, 0.25) is 0 Å². The Kier molecular flexibility index (Phi) is 4.69. The number of esters is 1. The van der Waals surface area contributed by atoms with Crippen LogP contribution < -0.4 is 4.74 Å². The highest BCUT2D eigenvalue weighted by Crippen LogP contribution is 2.30. The number of hydrogen-bond acceptors (Lipinski definition) is 4. The predicted octanol–water partition coefficient (Wildman–Crippen LogP) is 3.34. The topological polar surface area (TPSA) is 43.4 Å². The number of ether oxygens (including phenoxy) is 1. The van der Waals surface area contributed by atoms with E-state index >= 15 is 0 Å². The van der Waals surface area contributed by atoms with Crippen LogP contribution >= 0.6 is 11.8 Å². The van der Waals surface area contributed by atoms with E-state index in [1.54, 1.807) is 0 Å². The van der Waals surface area contributed by atoms with E-state index in [0.717, 1.165) is 24.3 Å². The van der Waals surface area contributed by atoms with Crippen LogP contribution in [0.4, 0.5) is 26.3 Å². The van der Waals surface area contributed by atoms with Gasteiger partial charge in [-0.2, -0.15) is 26.3 Å². The van der Waals surface area contributed by atoms with Crippen molar-refractivity contribution in [2.24, 2.45) is 0 Å². The minimum Gasteiger partial charge on any atom is -0.420 e. The average molecular weight is 318 g/mol. The molecule has 1 aromatic rings. The molecule has 20 heavy (non-hydrogen) atoms. The van der Waals surface area contributed by atoms with E-state index in [1.807, 2.05) is 0 Å². The molecule has 0 aliphatic heterocycles. The molecule has 0 unspecified atom stereocenters. The van der Waals surface area contributed by atoms with Crippen molar-refractivity contribution in [2.75, 3.05) is 0 Å². The van der Waals surface area contributed by atoms with Crippen molar-refractivity contribution in [3.8, 4) is 5.75 Å². The maximum Gasteiger partial charge on any atom is 0.491 e. The molecule has 1 aromatic carbocycles. The maximum atomic E-state index is 12.0. The molecule has 0 fully saturated rings. The van der Waals surface area contributed by atoms with Gasteiger partial charge >= 0.3 is 18.3 Å². The van der Waals surface area contributed by atoms with Gasteiger partial charge in [0.05, 0.1) is 0 Å². The van der Waals surface area contributed by atoms with Crippen LogP contribution in [-0.2, 0) is 9.59 Å². The zero-order chi connectivity index (χ0) is 15.6. The molecule has 1 rings (SSSR count). The molecule has 0 heterocycles. The van der Waals surface area contributed by atoms with Crippen molar-refractivity contribution >= 4 is 22.8 Å². The van der Waals surface area contributed by atoms with Crippen LogP contribution in [0.3, 0.4) is 0 Å². The minimum absolute atomic E-state index is 0.143. The molecule has 0 bridgehead atoms. The highest BCUT2D eigenvalue weighted by molar-refractivity contribution is 8.13. The van der Waals surface area contributed by atoms with Crippen molar-refractivity contribution in [3.63, 3.8) is 0 Å². The van der Waals surface area contributed by atoms with Gasteiger partial charge in [-0.1, -0.05) is 0 Å². The smallest absolute Gasteiger partial charge is 0.420 e. The number of rotatable bonds is 2. The summed E-state index contributed by atoms with van der Waals surface area (Å²) in [6.07, 6.45) is -10.2. The van der Waals surface area contributed by atoms with Gasteiger partial charge in [0.1, 0.15) is 5.75 Å². The van der Waals surface area contributed by atoms with Crippen LogP contribution in [0.5, 0.6) is 5.75 Å². The molecule has 0 N–H and O–H groups in total. The fourth-order valence-electron chi connectivity index (χ4n) is 0.906. The molecule has 0 spiro atoms. The summed E-state index contributed by atoms with van der Waals surface area (Å²) in [6.45, 7) is 0. The summed E-state index contributed by atoms with van der Waals surface area (Å²) in [7, 11) is 0. The van der Waals surface area contributed by atoms with E-state index in [0.29, 0.717) is 0 Å². The van der Waals surface area contributed by atoms with E-state index < -0.39 is 29.2 Å². The molecular weight excluding hydrogens is 314 g/mol. The van der Waals surface area contributed by atoms with Gasteiger partial charge in [-0.15, -0.1) is 0 Å². The standard InChI is InChI=1S/C10H4F6O3S/c11-9(12,13)7(17)19-5-1-3-6(4-2-5)20-8(18)10(14,15)16/h1-4H. The number of carbonyl (C=O) groups excluding carboxylic acids is 2. The first-order valence-electron chi connectivity index (χ1n) is 4.68. The number of alkyl halides is 6. The average Bonchev–Trinajstić information content (AvgIpc) is 2.29. The summed E-state index contributed by atoms with van der Waals surface area (Å²) in [5.41, 5.74) is 0.